The topological polar surface area (TPSA) is 80.3 Å². The van der Waals surface area contributed by atoms with Gasteiger partial charge in [-0.25, -0.2) is 0 Å². The van der Waals surface area contributed by atoms with Crippen LogP contribution in [0.15, 0.2) is 48.6 Å². The molecule has 0 aliphatic rings. The second kappa shape index (κ2) is 40.9. The molecule has 5 heteroatoms. The van der Waals surface area contributed by atoms with E-state index >= 15 is 0 Å². The van der Waals surface area contributed by atoms with Crippen molar-refractivity contribution in [3.63, 3.8) is 0 Å². The number of carboxylic acid groups (broad SMARTS) is 2. The van der Waals surface area contributed by atoms with E-state index in [0.717, 1.165) is 64.2 Å². The van der Waals surface area contributed by atoms with E-state index in [-0.39, 0.29) is 39.0 Å². The molecule has 0 aliphatic heterocycles. The summed E-state index contributed by atoms with van der Waals surface area (Å²) < 4.78 is 0. The van der Waals surface area contributed by atoms with Gasteiger partial charge in [0.2, 0.25) is 0 Å². The van der Waals surface area contributed by atoms with Gasteiger partial charge in [-0.15, -0.1) is 0 Å². The number of carboxylic acids is 2. The molecule has 0 unspecified atom stereocenters. The molecule has 0 spiro atoms. The first kappa shape index (κ1) is 44.2. The van der Waals surface area contributed by atoms with Crippen molar-refractivity contribution in [2.75, 3.05) is 0 Å². The van der Waals surface area contributed by atoms with E-state index < -0.39 is 11.9 Å². The maximum atomic E-state index is 10.2. The van der Waals surface area contributed by atoms with Crippen LogP contribution in [0.25, 0.3) is 0 Å². The SMILES string of the molecule is CCCCC/C=C\C/C=C\CCCCCCCC(=O)[O-].CCCCC/C=C\C/C=C\CCCCCCCC(=O)[O-].[Zr+2]. The van der Waals surface area contributed by atoms with Crippen molar-refractivity contribution >= 4 is 11.9 Å². The zero-order valence-electron chi connectivity index (χ0n) is 26.7. The molecule has 0 N–H and O–H groups in total. The van der Waals surface area contributed by atoms with Crippen molar-refractivity contribution in [2.24, 2.45) is 0 Å². The molecule has 0 aromatic carbocycles. The molecule has 234 valence electrons. The van der Waals surface area contributed by atoms with E-state index in [4.69, 9.17) is 0 Å². The molecule has 4 nitrogen and oxygen atoms in total. The fraction of sp³-hybridized carbons (Fsp3) is 0.722. The summed E-state index contributed by atoms with van der Waals surface area (Å²) in [7, 11) is 0. The van der Waals surface area contributed by atoms with Gasteiger partial charge in [0.1, 0.15) is 0 Å². The summed E-state index contributed by atoms with van der Waals surface area (Å²) in [4.78, 5) is 20.4. The van der Waals surface area contributed by atoms with Gasteiger partial charge in [-0.3, -0.25) is 0 Å². The van der Waals surface area contributed by atoms with Crippen LogP contribution in [-0.2, 0) is 35.8 Å². The van der Waals surface area contributed by atoms with Crippen molar-refractivity contribution < 1.29 is 46.0 Å². The van der Waals surface area contributed by atoms with E-state index in [1.54, 1.807) is 0 Å². The molecule has 0 saturated carbocycles. The van der Waals surface area contributed by atoms with Gasteiger partial charge in [-0.1, -0.05) is 127 Å². The Labute approximate surface area is 273 Å². The van der Waals surface area contributed by atoms with Crippen LogP contribution in [0.5, 0.6) is 0 Å². The second-order valence-electron chi connectivity index (χ2n) is 10.7. The van der Waals surface area contributed by atoms with E-state index in [2.05, 4.69) is 62.5 Å². The van der Waals surface area contributed by atoms with Gasteiger partial charge in [-0.2, -0.15) is 0 Å². The molecule has 0 rings (SSSR count). The molecule has 0 aliphatic carbocycles. The Bertz CT molecular complexity index is 596. The Hall–Kier alpha value is -1.22. The molecule has 0 saturated heterocycles. The number of rotatable bonds is 28. The third-order valence-corrected chi connectivity index (χ3v) is 6.66. The monoisotopic (exact) mass is 648 g/mol. The quantitative estimate of drug-likeness (QED) is 0.0625. The predicted molar refractivity (Wildman–Crippen MR) is 169 cm³/mol. The van der Waals surface area contributed by atoms with E-state index in [0.29, 0.717) is 0 Å². The molecular formula is C36H62O4Zr. The molecule has 0 heterocycles. The van der Waals surface area contributed by atoms with Crippen LogP contribution >= 0.6 is 0 Å². The fourth-order valence-corrected chi connectivity index (χ4v) is 4.16. The van der Waals surface area contributed by atoms with Gasteiger partial charge in [0.05, 0.1) is 0 Å². The zero-order chi connectivity index (χ0) is 29.8. The first-order valence-electron chi connectivity index (χ1n) is 16.5. The smallest absolute Gasteiger partial charge is 0.550 e. The van der Waals surface area contributed by atoms with Crippen LogP contribution in [0.1, 0.15) is 168 Å². The minimum absolute atomic E-state index is 0. The Morgan fingerprint density at radius 3 is 0.976 bits per heavy atom. The average molecular weight is 650 g/mol. The number of unbranched alkanes of at least 4 members (excludes halogenated alkanes) is 16. The number of carbonyl (C=O) groups is 2. The van der Waals surface area contributed by atoms with Crippen molar-refractivity contribution in [3.8, 4) is 0 Å². The predicted octanol–water partition coefficient (Wildman–Crippen LogP) is 9.10. The zero-order valence-corrected chi connectivity index (χ0v) is 29.2. The largest absolute Gasteiger partial charge is 2.00 e. The normalized spacial score (nSPS) is 11.4. The summed E-state index contributed by atoms with van der Waals surface area (Å²) in [5.41, 5.74) is 0. The Morgan fingerprint density at radius 2 is 0.683 bits per heavy atom. The average Bonchev–Trinajstić information content (AvgIpc) is 2.93. The number of carbonyl (C=O) groups excluding carboxylic acids is 2. The molecule has 0 aromatic rings. The Kier molecular flexibility index (Phi) is 44.1. The summed E-state index contributed by atoms with van der Waals surface area (Å²) in [6.45, 7) is 4.46. The fourth-order valence-electron chi connectivity index (χ4n) is 4.16. The van der Waals surface area contributed by atoms with Crippen LogP contribution in [0.3, 0.4) is 0 Å². The maximum Gasteiger partial charge on any atom is 2.00 e. The van der Waals surface area contributed by atoms with Gasteiger partial charge in [0, 0.05) is 11.9 Å². The van der Waals surface area contributed by atoms with Crippen LogP contribution in [0, 0.1) is 0 Å². The molecule has 41 heavy (non-hydrogen) atoms. The number of hydrogen-bond acceptors (Lipinski definition) is 4. The first-order valence-corrected chi connectivity index (χ1v) is 16.5. The summed E-state index contributed by atoms with van der Waals surface area (Å²) in [6.07, 6.45) is 43.9. The Balaban J connectivity index is -0.000000688. The second-order valence-corrected chi connectivity index (χ2v) is 10.7. The summed E-state index contributed by atoms with van der Waals surface area (Å²) >= 11 is 0. The van der Waals surface area contributed by atoms with Crippen LogP contribution in [-0.4, -0.2) is 11.9 Å². The van der Waals surface area contributed by atoms with E-state index in [9.17, 15) is 19.8 Å². The minimum atomic E-state index is -0.921. The van der Waals surface area contributed by atoms with E-state index in [1.165, 1.54) is 77.0 Å². The molecule has 0 radical (unpaired) electrons. The molecule has 0 amide bonds. The first-order chi connectivity index (χ1) is 19.5. The molecule has 0 atom stereocenters. The van der Waals surface area contributed by atoms with Crippen LogP contribution in [0.2, 0.25) is 0 Å². The van der Waals surface area contributed by atoms with Crippen LogP contribution < -0.4 is 10.2 Å². The molecule has 0 fully saturated rings. The molecule has 0 aromatic heterocycles. The number of allylic oxidation sites excluding steroid dienone is 8. The standard InChI is InChI=1S/2C18H32O2.Zr/c2*1-2-3-4-5-6-7-8-9-10-11-12-13-14-15-16-17-18(19)20;/h2*6-7,9-10H,2-5,8,11-17H2,1H3,(H,19,20);/q;;+2/p-2/b2*7-6-,10-9-;. The van der Waals surface area contributed by atoms with Crippen molar-refractivity contribution in [1.82, 2.24) is 0 Å². The van der Waals surface area contributed by atoms with Gasteiger partial charge >= 0.3 is 26.2 Å². The van der Waals surface area contributed by atoms with Crippen molar-refractivity contribution in [2.45, 2.75) is 168 Å². The van der Waals surface area contributed by atoms with Crippen molar-refractivity contribution in [1.29, 1.82) is 0 Å². The van der Waals surface area contributed by atoms with Gasteiger partial charge < -0.3 is 19.8 Å². The Morgan fingerprint density at radius 1 is 0.415 bits per heavy atom. The maximum absolute atomic E-state index is 10.2. The number of hydrogen-bond donors (Lipinski definition) is 0. The third-order valence-electron chi connectivity index (χ3n) is 6.66. The van der Waals surface area contributed by atoms with Crippen molar-refractivity contribution in [3.05, 3.63) is 48.6 Å². The molecule has 0 bridgehead atoms. The minimum Gasteiger partial charge on any atom is -0.550 e. The van der Waals surface area contributed by atoms with E-state index in [1.807, 2.05) is 0 Å². The van der Waals surface area contributed by atoms with Gasteiger partial charge in [0.25, 0.3) is 0 Å². The number of aliphatic carboxylic acids is 2. The van der Waals surface area contributed by atoms with Gasteiger partial charge in [-0.05, 0) is 89.9 Å². The summed E-state index contributed by atoms with van der Waals surface area (Å²) in [6, 6.07) is 0. The van der Waals surface area contributed by atoms with Crippen LogP contribution in [0.4, 0.5) is 0 Å². The molecular weight excluding hydrogens is 588 g/mol. The summed E-state index contributed by atoms with van der Waals surface area (Å²) in [5.74, 6) is -1.84. The third kappa shape index (κ3) is 48.8. The van der Waals surface area contributed by atoms with Gasteiger partial charge in [0.15, 0.2) is 0 Å². The summed E-state index contributed by atoms with van der Waals surface area (Å²) in [5, 5.41) is 20.4.